The lowest BCUT2D eigenvalue weighted by atomic mass is 9.86. The number of rotatable bonds is 4. The zero-order valence-electron chi connectivity index (χ0n) is 19.1. The Balaban J connectivity index is 1.51. The standard InChI is InChI=1S/C28H20BrClN2O4/c1-36-22-5-3-2-4-19(22)32-27(34)23-20-13-9-15-8-12-18(30)14-21(15)31(20)25(24(23)28(32)35)26(33)16-6-10-17(29)11-7-16/h2-14,20,23-25H,1H3/t20-,23-,24+,25-/m0/s1. The van der Waals surface area contributed by atoms with Crippen molar-refractivity contribution in [3.8, 4) is 5.75 Å². The quantitative estimate of drug-likeness (QED) is 0.315. The summed E-state index contributed by atoms with van der Waals surface area (Å²) in [5.74, 6) is -2.14. The minimum absolute atomic E-state index is 0.218. The molecule has 0 aliphatic carbocycles. The van der Waals surface area contributed by atoms with E-state index < -0.39 is 29.8 Å². The monoisotopic (exact) mass is 562 g/mol. The van der Waals surface area contributed by atoms with Crippen molar-refractivity contribution in [1.29, 1.82) is 0 Å². The average Bonchev–Trinajstić information content (AvgIpc) is 3.36. The number of Topliss-reactive ketones (excluding diaryl/α,β-unsaturated/α-hetero) is 1. The lowest BCUT2D eigenvalue weighted by molar-refractivity contribution is -0.122. The molecule has 180 valence electrons. The topological polar surface area (TPSA) is 66.9 Å². The number of ketones is 1. The second kappa shape index (κ2) is 8.61. The van der Waals surface area contributed by atoms with E-state index in [1.807, 2.05) is 23.1 Å². The van der Waals surface area contributed by atoms with Gasteiger partial charge in [-0.25, -0.2) is 4.90 Å². The van der Waals surface area contributed by atoms with Crippen molar-refractivity contribution < 1.29 is 19.1 Å². The van der Waals surface area contributed by atoms with Gasteiger partial charge in [0.2, 0.25) is 11.8 Å². The predicted molar refractivity (Wildman–Crippen MR) is 141 cm³/mol. The fourth-order valence-corrected chi connectivity index (χ4v) is 6.10. The van der Waals surface area contributed by atoms with Crippen LogP contribution in [0.15, 0.2) is 77.3 Å². The van der Waals surface area contributed by atoms with Gasteiger partial charge in [0, 0.05) is 20.7 Å². The van der Waals surface area contributed by atoms with Crippen molar-refractivity contribution >= 4 is 62.6 Å². The van der Waals surface area contributed by atoms with Crippen LogP contribution in [0.4, 0.5) is 11.4 Å². The first kappa shape index (κ1) is 23.0. The maximum atomic E-state index is 14.0. The van der Waals surface area contributed by atoms with Gasteiger partial charge in [0.25, 0.3) is 0 Å². The number of amides is 2. The summed E-state index contributed by atoms with van der Waals surface area (Å²) in [6.45, 7) is 0. The molecule has 0 radical (unpaired) electrons. The molecule has 0 unspecified atom stereocenters. The molecule has 0 spiro atoms. The SMILES string of the molecule is COc1ccccc1N1C(=O)[C@@H]2[C@@H](C1=O)[C@@H]1C=Cc3ccc(Cl)cc3N1[C@@H]2C(=O)c1ccc(Br)cc1. The van der Waals surface area contributed by atoms with E-state index in [2.05, 4.69) is 15.9 Å². The Labute approximate surface area is 221 Å². The number of nitrogens with zero attached hydrogens (tertiary/aromatic N) is 2. The molecule has 6 nitrogen and oxygen atoms in total. The molecule has 3 aromatic carbocycles. The van der Waals surface area contributed by atoms with Crippen LogP contribution >= 0.6 is 27.5 Å². The summed E-state index contributed by atoms with van der Waals surface area (Å²) in [7, 11) is 1.50. The molecule has 0 N–H and O–H groups in total. The second-order valence-corrected chi connectivity index (χ2v) is 10.4. The normalized spacial score (nSPS) is 24.0. The van der Waals surface area contributed by atoms with E-state index in [9.17, 15) is 14.4 Å². The molecule has 36 heavy (non-hydrogen) atoms. The number of para-hydroxylation sites is 2. The van der Waals surface area contributed by atoms with Crippen molar-refractivity contribution in [2.24, 2.45) is 11.8 Å². The van der Waals surface area contributed by atoms with E-state index >= 15 is 0 Å². The summed E-state index contributed by atoms with van der Waals surface area (Å²) < 4.78 is 6.28. The highest BCUT2D eigenvalue weighted by molar-refractivity contribution is 9.10. The number of hydrogen-bond acceptors (Lipinski definition) is 5. The van der Waals surface area contributed by atoms with Crippen LogP contribution < -0.4 is 14.5 Å². The number of fused-ring (bicyclic) bond motifs is 5. The highest BCUT2D eigenvalue weighted by Gasteiger charge is 2.64. The summed E-state index contributed by atoms with van der Waals surface area (Å²) in [6.07, 6.45) is 3.85. The largest absolute Gasteiger partial charge is 0.495 e. The molecule has 0 aromatic heterocycles. The number of halogens is 2. The van der Waals surface area contributed by atoms with E-state index in [0.717, 1.165) is 15.7 Å². The first-order chi connectivity index (χ1) is 17.4. The summed E-state index contributed by atoms with van der Waals surface area (Å²) >= 11 is 9.76. The van der Waals surface area contributed by atoms with Crippen molar-refractivity contribution in [3.05, 3.63) is 93.4 Å². The lowest BCUT2D eigenvalue weighted by Gasteiger charge is -2.36. The molecule has 4 atom stereocenters. The van der Waals surface area contributed by atoms with Gasteiger partial charge in [-0.2, -0.15) is 0 Å². The zero-order chi connectivity index (χ0) is 25.1. The van der Waals surface area contributed by atoms with Crippen LogP contribution in [-0.2, 0) is 9.59 Å². The molecule has 2 fully saturated rings. The number of carbonyl (C=O) groups is 3. The van der Waals surface area contributed by atoms with E-state index in [1.54, 1.807) is 60.7 Å². The second-order valence-electron chi connectivity index (χ2n) is 9.01. The number of benzene rings is 3. The van der Waals surface area contributed by atoms with Crippen molar-refractivity contribution in [2.75, 3.05) is 16.9 Å². The minimum atomic E-state index is -0.875. The van der Waals surface area contributed by atoms with E-state index in [0.29, 0.717) is 22.0 Å². The summed E-state index contributed by atoms with van der Waals surface area (Å²) in [4.78, 5) is 45.0. The Kier molecular flexibility index (Phi) is 5.50. The number of ether oxygens (including phenoxy) is 1. The van der Waals surface area contributed by atoms with Crippen LogP contribution in [-0.4, -0.2) is 36.8 Å². The van der Waals surface area contributed by atoms with Crippen LogP contribution in [0.1, 0.15) is 15.9 Å². The van der Waals surface area contributed by atoms with Gasteiger partial charge in [0.1, 0.15) is 11.8 Å². The zero-order valence-corrected chi connectivity index (χ0v) is 21.4. The number of carbonyl (C=O) groups excluding carboxylic acids is 3. The van der Waals surface area contributed by atoms with Crippen LogP contribution in [0.5, 0.6) is 5.75 Å². The average molecular weight is 564 g/mol. The third kappa shape index (κ3) is 3.33. The van der Waals surface area contributed by atoms with E-state index in [4.69, 9.17) is 16.3 Å². The third-order valence-corrected chi connectivity index (χ3v) is 7.96. The Morgan fingerprint density at radius 3 is 2.42 bits per heavy atom. The first-order valence-corrected chi connectivity index (χ1v) is 12.6. The Morgan fingerprint density at radius 1 is 0.944 bits per heavy atom. The number of methoxy groups -OCH3 is 1. The summed E-state index contributed by atoms with van der Waals surface area (Å²) in [5.41, 5.74) is 2.47. The molecule has 0 saturated carbocycles. The summed E-state index contributed by atoms with van der Waals surface area (Å²) in [6, 6.07) is 18.1. The molecule has 2 amide bonds. The number of anilines is 2. The molecular weight excluding hydrogens is 544 g/mol. The van der Waals surface area contributed by atoms with Gasteiger partial charge in [-0.15, -0.1) is 0 Å². The first-order valence-electron chi connectivity index (χ1n) is 11.5. The van der Waals surface area contributed by atoms with Crippen LogP contribution in [0.2, 0.25) is 5.02 Å². The van der Waals surface area contributed by atoms with Gasteiger partial charge in [-0.1, -0.05) is 70.0 Å². The van der Waals surface area contributed by atoms with E-state index in [1.165, 1.54) is 12.0 Å². The fraction of sp³-hybridized carbons (Fsp3) is 0.179. The lowest BCUT2D eigenvalue weighted by Crippen LogP contribution is -2.48. The van der Waals surface area contributed by atoms with Crippen molar-refractivity contribution in [1.82, 2.24) is 0 Å². The Hall–Kier alpha value is -3.42. The van der Waals surface area contributed by atoms with Crippen molar-refractivity contribution in [3.63, 3.8) is 0 Å². The van der Waals surface area contributed by atoms with Gasteiger partial charge in [0.15, 0.2) is 5.78 Å². The number of hydrogen-bond donors (Lipinski definition) is 0. The van der Waals surface area contributed by atoms with Gasteiger partial charge in [0.05, 0.1) is 30.7 Å². The molecule has 2 saturated heterocycles. The van der Waals surface area contributed by atoms with Gasteiger partial charge >= 0.3 is 0 Å². The van der Waals surface area contributed by atoms with Gasteiger partial charge in [-0.05, 0) is 42.0 Å². The summed E-state index contributed by atoms with van der Waals surface area (Å²) in [5, 5.41) is 0.517. The molecule has 6 rings (SSSR count). The molecular formula is C28H20BrClN2O4. The highest BCUT2D eigenvalue weighted by Crippen LogP contribution is 2.51. The Bertz CT molecular complexity index is 1450. The molecule has 3 aliphatic heterocycles. The maximum absolute atomic E-state index is 14.0. The van der Waals surface area contributed by atoms with Gasteiger partial charge in [-0.3, -0.25) is 14.4 Å². The fourth-order valence-electron chi connectivity index (χ4n) is 5.67. The smallest absolute Gasteiger partial charge is 0.240 e. The molecule has 3 aromatic rings. The Morgan fingerprint density at radius 2 is 1.67 bits per heavy atom. The van der Waals surface area contributed by atoms with Gasteiger partial charge < -0.3 is 9.64 Å². The minimum Gasteiger partial charge on any atom is -0.495 e. The van der Waals surface area contributed by atoms with Crippen LogP contribution in [0, 0.1) is 11.8 Å². The molecule has 0 bridgehead atoms. The van der Waals surface area contributed by atoms with Crippen molar-refractivity contribution in [2.45, 2.75) is 12.1 Å². The molecule has 8 heteroatoms. The van der Waals surface area contributed by atoms with E-state index in [-0.39, 0.29) is 11.7 Å². The highest BCUT2D eigenvalue weighted by atomic mass is 79.9. The van der Waals surface area contributed by atoms with Crippen LogP contribution in [0.25, 0.3) is 6.08 Å². The maximum Gasteiger partial charge on any atom is 0.240 e. The molecule has 3 aliphatic rings. The predicted octanol–water partition coefficient (Wildman–Crippen LogP) is 5.38. The third-order valence-electron chi connectivity index (χ3n) is 7.19. The number of imide groups is 1. The van der Waals surface area contributed by atoms with Crippen LogP contribution in [0.3, 0.4) is 0 Å². The molecule has 3 heterocycles.